The molecule has 1 N–H and O–H groups in total. The van der Waals surface area contributed by atoms with Crippen LogP contribution in [-0.4, -0.2) is 45.9 Å². The van der Waals surface area contributed by atoms with E-state index in [1.807, 2.05) is 20.8 Å². The van der Waals surface area contributed by atoms with E-state index in [0.29, 0.717) is 30.8 Å². The lowest BCUT2D eigenvalue weighted by molar-refractivity contribution is 0.0953. The minimum absolute atomic E-state index is 0.0856. The van der Waals surface area contributed by atoms with E-state index in [4.69, 9.17) is 4.74 Å². The molecule has 124 valence electrons. The normalized spacial score (nSPS) is 12.2. The second-order valence-corrected chi connectivity index (χ2v) is 5.51. The van der Waals surface area contributed by atoms with Gasteiger partial charge < -0.3 is 10.1 Å². The second-order valence-electron chi connectivity index (χ2n) is 5.51. The number of hydrogen-bond acceptors (Lipinski definition) is 5. The molecule has 2 rings (SSSR count). The van der Waals surface area contributed by atoms with Crippen molar-refractivity contribution < 1.29 is 9.53 Å². The highest BCUT2D eigenvalue weighted by Crippen LogP contribution is 2.11. The third-order valence-electron chi connectivity index (χ3n) is 3.65. The Morgan fingerprint density at radius 3 is 2.74 bits per heavy atom. The third-order valence-corrected chi connectivity index (χ3v) is 3.65. The monoisotopic (exact) mass is 317 g/mol. The van der Waals surface area contributed by atoms with Crippen molar-refractivity contribution in [3.8, 4) is 0 Å². The summed E-state index contributed by atoms with van der Waals surface area (Å²) in [5, 5.41) is 7.29. The SMILES string of the molecule is COCC(C)n1cc(C(=O)NCCc2nccnc2C)c(C)n1. The molecule has 0 saturated heterocycles. The van der Waals surface area contributed by atoms with Crippen molar-refractivity contribution in [1.82, 2.24) is 25.1 Å². The highest BCUT2D eigenvalue weighted by Gasteiger charge is 2.15. The van der Waals surface area contributed by atoms with Crippen molar-refractivity contribution in [2.24, 2.45) is 0 Å². The maximum absolute atomic E-state index is 12.3. The van der Waals surface area contributed by atoms with Gasteiger partial charge >= 0.3 is 0 Å². The first-order valence-electron chi connectivity index (χ1n) is 7.62. The van der Waals surface area contributed by atoms with E-state index in [-0.39, 0.29) is 11.9 Å². The number of nitrogens with zero attached hydrogens (tertiary/aromatic N) is 4. The van der Waals surface area contributed by atoms with Crippen molar-refractivity contribution in [3.63, 3.8) is 0 Å². The number of rotatable bonds is 7. The largest absolute Gasteiger partial charge is 0.382 e. The van der Waals surface area contributed by atoms with Crippen molar-refractivity contribution in [2.45, 2.75) is 33.2 Å². The molecule has 2 aromatic heterocycles. The number of carbonyl (C=O) groups is 1. The summed E-state index contributed by atoms with van der Waals surface area (Å²) in [6.45, 7) is 6.80. The molecule has 0 spiro atoms. The molecule has 2 aromatic rings. The number of aryl methyl sites for hydroxylation is 2. The van der Waals surface area contributed by atoms with Crippen LogP contribution in [0.4, 0.5) is 0 Å². The third kappa shape index (κ3) is 4.35. The van der Waals surface area contributed by atoms with E-state index in [2.05, 4.69) is 20.4 Å². The van der Waals surface area contributed by atoms with Gasteiger partial charge in [0.1, 0.15) is 0 Å². The Morgan fingerprint density at radius 2 is 2.04 bits per heavy atom. The molecule has 0 aliphatic heterocycles. The summed E-state index contributed by atoms with van der Waals surface area (Å²) >= 11 is 0. The quantitative estimate of drug-likeness (QED) is 0.836. The topological polar surface area (TPSA) is 81.9 Å². The van der Waals surface area contributed by atoms with E-state index in [9.17, 15) is 4.79 Å². The molecule has 7 heteroatoms. The lowest BCUT2D eigenvalue weighted by Gasteiger charge is -2.10. The van der Waals surface area contributed by atoms with Crippen molar-refractivity contribution in [2.75, 3.05) is 20.3 Å². The Labute approximate surface area is 136 Å². The molecule has 0 saturated carbocycles. The van der Waals surface area contributed by atoms with Crippen molar-refractivity contribution >= 4 is 5.91 Å². The highest BCUT2D eigenvalue weighted by molar-refractivity contribution is 5.95. The van der Waals surface area contributed by atoms with Crippen molar-refractivity contribution in [1.29, 1.82) is 0 Å². The number of nitrogens with one attached hydrogen (secondary N) is 1. The van der Waals surface area contributed by atoms with Gasteiger partial charge in [0.05, 0.1) is 35.3 Å². The smallest absolute Gasteiger partial charge is 0.254 e. The van der Waals surface area contributed by atoms with Gasteiger partial charge in [0.25, 0.3) is 5.91 Å². The second kappa shape index (κ2) is 7.82. The van der Waals surface area contributed by atoms with Crippen LogP contribution in [0.2, 0.25) is 0 Å². The Hall–Kier alpha value is -2.28. The van der Waals surface area contributed by atoms with E-state index < -0.39 is 0 Å². The van der Waals surface area contributed by atoms with Crippen LogP contribution < -0.4 is 5.32 Å². The van der Waals surface area contributed by atoms with E-state index in [1.54, 1.807) is 30.4 Å². The van der Waals surface area contributed by atoms with Gasteiger partial charge in [-0.3, -0.25) is 19.4 Å². The van der Waals surface area contributed by atoms with Crippen LogP contribution in [0.5, 0.6) is 0 Å². The van der Waals surface area contributed by atoms with Gasteiger partial charge in [-0.2, -0.15) is 5.10 Å². The molecular formula is C16H23N5O2. The van der Waals surface area contributed by atoms with E-state index >= 15 is 0 Å². The van der Waals surface area contributed by atoms with Crippen LogP contribution in [0.15, 0.2) is 18.6 Å². The summed E-state index contributed by atoms with van der Waals surface area (Å²) in [6.07, 6.45) is 5.74. The van der Waals surface area contributed by atoms with Crippen LogP contribution in [0, 0.1) is 13.8 Å². The fraction of sp³-hybridized carbons (Fsp3) is 0.500. The summed E-state index contributed by atoms with van der Waals surface area (Å²) in [4.78, 5) is 20.8. The molecule has 1 atom stereocenters. The number of carbonyl (C=O) groups excluding carboxylic acids is 1. The van der Waals surface area contributed by atoms with Gasteiger partial charge in [-0.1, -0.05) is 0 Å². The summed E-state index contributed by atoms with van der Waals surface area (Å²) in [5.41, 5.74) is 3.08. The predicted molar refractivity (Wildman–Crippen MR) is 86.4 cm³/mol. The molecular weight excluding hydrogens is 294 g/mol. The maximum atomic E-state index is 12.3. The first kappa shape index (κ1) is 17.1. The van der Waals surface area contributed by atoms with E-state index in [0.717, 1.165) is 11.4 Å². The zero-order valence-electron chi connectivity index (χ0n) is 14.0. The van der Waals surface area contributed by atoms with Gasteiger partial charge in [-0.05, 0) is 20.8 Å². The fourth-order valence-corrected chi connectivity index (χ4v) is 2.32. The maximum Gasteiger partial charge on any atom is 0.254 e. The molecule has 23 heavy (non-hydrogen) atoms. The molecule has 0 aliphatic carbocycles. The number of ether oxygens (including phenoxy) is 1. The molecule has 0 radical (unpaired) electrons. The van der Waals surface area contributed by atoms with Gasteiger partial charge in [0.2, 0.25) is 0 Å². The predicted octanol–water partition coefficient (Wildman–Crippen LogP) is 1.47. The Balaban J connectivity index is 1.94. The standard InChI is InChI=1S/C16H23N5O2/c1-11(10-23-4)21-9-14(12(2)20-21)16(22)19-6-5-15-13(3)17-7-8-18-15/h7-9,11H,5-6,10H2,1-4H3,(H,19,22). The van der Waals surface area contributed by atoms with Crippen LogP contribution >= 0.6 is 0 Å². The minimum atomic E-state index is -0.125. The minimum Gasteiger partial charge on any atom is -0.382 e. The number of aromatic nitrogens is 4. The lowest BCUT2D eigenvalue weighted by atomic mass is 10.2. The molecule has 1 unspecified atom stereocenters. The van der Waals surface area contributed by atoms with Crippen molar-refractivity contribution in [3.05, 3.63) is 41.2 Å². The average Bonchev–Trinajstić information content (AvgIpc) is 2.91. The summed E-state index contributed by atoms with van der Waals surface area (Å²) in [7, 11) is 1.65. The van der Waals surface area contributed by atoms with E-state index in [1.165, 1.54) is 0 Å². The molecule has 1 amide bonds. The van der Waals surface area contributed by atoms with Crippen LogP contribution in [-0.2, 0) is 11.2 Å². The average molecular weight is 317 g/mol. The molecule has 0 bridgehead atoms. The van der Waals surface area contributed by atoms with Crippen LogP contribution in [0.25, 0.3) is 0 Å². The Morgan fingerprint density at radius 1 is 1.30 bits per heavy atom. The molecule has 0 fully saturated rings. The highest BCUT2D eigenvalue weighted by atomic mass is 16.5. The zero-order chi connectivity index (χ0) is 16.8. The van der Waals surface area contributed by atoms with Gasteiger partial charge in [0.15, 0.2) is 0 Å². The van der Waals surface area contributed by atoms with Gasteiger partial charge in [0, 0.05) is 38.7 Å². The first-order chi connectivity index (χ1) is 11.0. The fourth-order valence-electron chi connectivity index (χ4n) is 2.32. The molecule has 0 aromatic carbocycles. The van der Waals surface area contributed by atoms with Gasteiger partial charge in [-0.15, -0.1) is 0 Å². The molecule has 7 nitrogen and oxygen atoms in total. The zero-order valence-corrected chi connectivity index (χ0v) is 14.0. The Kier molecular flexibility index (Phi) is 5.81. The molecule has 2 heterocycles. The van der Waals surface area contributed by atoms with Crippen LogP contribution in [0.3, 0.4) is 0 Å². The molecule has 0 aliphatic rings. The number of methoxy groups -OCH3 is 1. The van der Waals surface area contributed by atoms with Gasteiger partial charge in [-0.25, -0.2) is 0 Å². The number of amides is 1. The summed E-state index contributed by atoms with van der Waals surface area (Å²) in [6, 6.07) is 0.0856. The summed E-state index contributed by atoms with van der Waals surface area (Å²) < 4.78 is 6.88. The summed E-state index contributed by atoms with van der Waals surface area (Å²) in [5.74, 6) is -0.125. The number of hydrogen-bond donors (Lipinski definition) is 1. The Bertz CT molecular complexity index is 668. The van der Waals surface area contributed by atoms with Crippen LogP contribution in [0.1, 0.15) is 40.4 Å². The lowest BCUT2D eigenvalue weighted by Crippen LogP contribution is -2.26. The first-order valence-corrected chi connectivity index (χ1v) is 7.62.